The van der Waals surface area contributed by atoms with Crippen molar-refractivity contribution in [2.45, 2.75) is 38.7 Å². The molecular weight excluding hydrogens is 404 g/mol. The Bertz CT molecular complexity index is 870. The van der Waals surface area contributed by atoms with Crippen molar-refractivity contribution in [2.24, 2.45) is 5.92 Å². The molecular formula is C26H32N2O4. The van der Waals surface area contributed by atoms with Crippen LogP contribution in [-0.2, 0) is 16.2 Å². The third kappa shape index (κ3) is 6.02. The van der Waals surface area contributed by atoms with Crippen LogP contribution in [0.25, 0.3) is 0 Å². The van der Waals surface area contributed by atoms with Gasteiger partial charge in [-0.1, -0.05) is 30.3 Å². The number of rotatable bonds is 7. The summed E-state index contributed by atoms with van der Waals surface area (Å²) in [6, 6.07) is 17.3. The molecule has 0 atom stereocenters. The Morgan fingerprint density at radius 3 is 2.03 bits per heavy atom. The van der Waals surface area contributed by atoms with Gasteiger partial charge in [0.1, 0.15) is 18.1 Å². The first-order chi connectivity index (χ1) is 15.7. The summed E-state index contributed by atoms with van der Waals surface area (Å²) >= 11 is 0. The van der Waals surface area contributed by atoms with E-state index in [0.29, 0.717) is 25.4 Å². The minimum atomic E-state index is -0.0294. The van der Waals surface area contributed by atoms with E-state index in [9.17, 15) is 9.59 Å². The maximum Gasteiger partial charge on any atom is 0.260 e. The zero-order valence-electron chi connectivity index (χ0n) is 18.6. The molecule has 0 aromatic heterocycles. The molecule has 32 heavy (non-hydrogen) atoms. The molecule has 0 N–H and O–H groups in total. The van der Waals surface area contributed by atoms with E-state index in [2.05, 4.69) is 0 Å². The second kappa shape index (κ2) is 11.0. The zero-order valence-corrected chi connectivity index (χ0v) is 18.6. The first-order valence-corrected chi connectivity index (χ1v) is 11.7. The summed E-state index contributed by atoms with van der Waals surface area (Å²) in [6.07, 6.45) is 4.93. The smallest absolute Gasteiger partial charge is 0.260 e. The van der Waals surface area contributed by atoms with Crippen molar-refractivity contribution in [3.8, 4) is 11.5 Å². The summed E-state index contributed by atoms with van der Waals surface area (Å²) in [5, 5.41) is 0. The molecule has 6 heteroatoms. The van der Waals surface area contributed by atoms with E-state index in [1.807, 2.05) is 64.4 Å². The molecule has 2 saturated heterocycles. The first kappa shape index (κ1) is 22.2. The quantitative estimate of drug-likeness (QED) is 0.661. The second-order valence-electron chi connectivity index (χ2n) is 8.58. The molecule has 0 aliphatic carbocycles. The number of amides is 2. The van der Waals surface area contributed by atoms with Crippen LogP contribution in [0.4, 0.5) is 0 Å². The van der Waals surface area contributed by atoms with Crippen molar-refractivity contribution >= 4 is 11.8 Å². The molecule has 0 unspecified atom stereocenters. The summed E-state index contributed by atoms with van der Waals surface area (Å²) < 4.78 is 11.5. The second-order valence-corrected chi connectivity index (χ2v) is 8.58. The Balaban J connectivity index is 1.17. The minimum absolute atomic E-state index is 0.00889. The monoisotopic (exact) mass is 436 g/mol. The number of benzene rings is 2. The highest BCUT2D eigenvalue weighted by Crippen LogP contribution is 2.23. The highest BCUT2D eigenvalue weighted by molar-refractivity contribution is 5.80. The summed E-state index contributed by atoms with van der Waals surface area (Å²) in [4.78, 5) is 29.1. The SMILES string of the molecule is O=C(COc1ccc(OCc2ccccc2)cc1)N1CCC(C(=O)N2CCCCC2)CC1. The Morgan fingerprint density at radius 2 is 1.38 bits per heavy atom. The lowest BCUT2D eigenvalue weighted by molar-refractivity contribution is -0.142. The fraction of sp³-hybridized carbons (Fsp3) is 0.462. The lowest BCUT2D eigenvalue weighted by Crippen LogP contribution is -2.46. The van der Waals surface area contributed by atoms with Gasteiger partial charge in [0.15, 0.2) is 6.61 Å². The molecule has 0 bridgehead atoms. The molecule has 0 radical (unpaired) electrons. The van der Waals surface area contributed by atoms with Gasteiger partial charge in [0, 0.05) is 32.1 Å². The Labute approximate surface area is 190 Å². The maximum atomic E-state index is 12.7. The van der Waals surface area contributed by atoms with Crippen molar-refractivity contribution in [3.05, 3.63) is 60.2 Å². The fourth-order valence-corrected chi connectivity index (χ4v) is 4.36. The molecule has 0 spiro atoms. The van der Waals surface area contributed by atoms with Gasteiger partial charge in [0.2, 0.25) is 5.91 Å². The van der Waals surface area contributed by atoms with Gasteiger partial charge in [-0.2, -0.15) is 0 Å². The van der Waals surface area contributed by atoms with Crippen LogP contribution in [0.3, 0.4) is 0 Å². The number of ether oxygens (including phenoxy) is 2. The molecule has 2 aliphatic rings. The summed E-state index contributed by atoms with van der Waals surface area (Å²) in [7, 11) is 0. The minimum Gasteiger partial charge on any atom is -0.489 e. The lowest BCUT2D eigenvalue weighted by atomic mass is 9.94. The average molecular weight is 437 g/mol. The van der Waals surface area contributed by atoms with Gasteiger partial charge in [-0.15, -0.1) is 0 Å². The standard InChI is InChI=1S/C26H32N2O4/c29-25(27-17-13-22(14-18-27)26(30)28-15-5-2-6-16-28)20-32-24-11-9-23(10-12-24)31-19-21-7-3-1-4-8-21/h1,3-4,7-12,22H,2,5-6,13-20H2. The molecule has 2 fully saturated rings. The number of nitrogens with zero attached hydrogens (tertiary/aromatic N) is 2. The van der Waals surface area contributed by atoms with Crippen LogP contribution in [0.1, 0.15) is 37.7 Å². The summed E-state index contributed by atoms with van der Waals surface area (Å²) in [5.74, 6) is 1.70. The molecule has 2 aliphatic heterocycles. The van der Waals surface area contributed by atoms with E-state index in [4.69, 9.17) is 9.47 Å². The Kier molecular flexibility index (Phi) is 7.64. The van der Waals surface area contributed by atoms with Gasteiger partial charge in [0.25, 0.3) is 5.91 Å². The molecule has 0 saturated carbocycles. The Hall–Kier alpha value is -3.02. The van der Waals surface area contributed by atoms with Gasteiger partial charge in [-0.3, -0.25) is 9.59 Å². The van der Waals surface area contributed by atoms with Gasteiger partial charge in [0.05, 0.1) is 0 Å². The number of likely N-dealkylation sites (tertiary alicyclic amines) is 2. The van der Waals surface area contributed by atoms with Gasteiger partial charge in [-0.05, 0) is 61.9 Å². The van der Waals surface area contributed by atoms with Crippen LogP contribution < -0.4 is 9.47 Å². The van der Waals surface area contributed by atoms with Gasteiger partial charge >= 0.3 is 0 Å². The van der Waals surface area contributed by atoms with Crippen molar-refractivity contribution in [3.63, 3.8) is 0 Å². The van der Waals surface area contributed by atoms with E-state index >= 15 is 0 Å². The number of hydrogen-bond acceptors (Lipinski definition) is 4. The molecule has 6 nitrogen and oxygen atoms in total. The average Bonchev–Trinajstić information content (AvgIpc) is 2.87. The topological polar surface area (TPSA) is 59.1 Å². The van der Waals surface area contributed by atoms with Gasteiger partial charge in [-0.25, -0.2) is 0 Å². The van der Waals surface area contributed by atoms with Crippen LogP contribution in [0.2, 0.25) is 0 Å². The molecule has 170 valence electrons. The first-order valence-electron chi connectivity index (χ1n) is 11.7. The molecule has 4 rings (SSSR count). The van der Waals surface area contributed by atoms with E-state index in [-0.39, 0.29) is 24.3 Å². The largest absolute Gasteiger partial charge is 0.489 e. The van der Waals surface area contributed by atoms with Crippen LogP contribution >= 0.6 is 0 Å². The van der Waals surface area contributed by atoms with Crippen LogP contribution in [0, 0.1) is 5.92 Å². The molecule has 2 aromatic carbocycles. The van der Waals surface area contributed by atoms with E-state index < -0.39 is 0 Å². The van der Waals surface area contributed by atoms with Crippen LogP contribution in [-0.4, -0.2) is 54.4 Å². The van der Waals surface area contributed by atoms with Crippen molar-refractivity contribution in [1.82, 2.24) is 9.80 Å². The van der Waals surface area contributed by atoms with E-state index in [0.717, 1.165) is 50.1 Å². The predicted octanol–water partition coefficient (Wildman–Crippen LogP) is 3.90. The molecule has 2 aromatic rings. The van der Waals surface area contributed by atoms with E-state index in [1.54, 1.807) is 0 Å². The Morgan fingerprint density at radius 1 is 0.750 bits per heavy atom. The number of piperidine rings is 2. The number of carbonyl (C=O) groups excluding carboxylic acids is 2. The van der Waals surface area contributed by atoms with Gasteiger partial charge < -0.3 is 19.3 Å². The lowest BCUT2D eigenvalue weighted by Gasteiger charge is -2.35. The maximum absolute atomic E-state index is 12.7. The fourth-order valence-electron chi connectivity index (χ4n) is 4.36. The van der Waals surface area contributed by atoms with E-state index in [1.165, 1.54) is 6.42 Å². The predicted molar refractivity (Wildman–Crippen MR) is 122 cm³/mol. The highest BCUT2D eigenvalue weighted by atomic mass is 16.5. The van der Waals surface area contributed by atoms with Crippen molar-refractivity contribution in [2.75, 3.05) is 32.8 Å². The third-order valence-corrected chi connectivity index (χ3v) is 6.30. The summed E-state index contributed by atoms with van der Waals surface area (Å²) in [5.41, 5.74) is 1.11. The highest BCUT2D eigenvalue weighted by Gasteiger charge is 2.30. The number of hydrogen-bond donors (Lipinski definition) is 0. The third-order valence-electron chi connectivity index (χ3n) is 6.30. The number of carbonyl (C=O) groups is 2. The zero-order chi connectivity index (χ0) is 22.2. The van der Waals surface area contributed by atoms with Crippen LogP contribution in [0.5, 0.6) is 11.5 Å². The van der Waals surface area contributed by atoms with Crippen LogP contribution in [0.15, 0.2) is 54.6 Å². The molecule has 2 amide bonds. The normalized spacial score (nSPS) is 17.1. The molecule has 2 heterocycles. The van der Waals surface area contributed by atoms with Crippen molar-refractivity contribution < 1.29 is 19.1 Å². The van der Waals surface area contributed by atoms with Crippen molar-refractivity contribution in [1.29, 1.82) is 0 Å². The summed E-state index contributed by atoms with van der Waals surface area (Å²) in [6.45, 7) is 3.55.